The van der Waals surface area contributed by atoms with Crippen LogP contribution in [0.1, 0.15) is 0 Å². The van der Waals surface area contributed by atoms with Crippen molar-refractivity contribution in [3.63, 3.8) is 0 Å². The standard InChI is InChI=1S/C78H48/c1-5-18-49(19-6-1)51-34-38-55(39-35-51)69-48-68(73(59-44-36-52(37-45-59)50-20-7-2-8-21-50)76-65-32-16-27-56-26-15-31-64(70(56)65)75(69)76)54-42-40-53(41-43-54)60-46-47-67-74-61(60)30-17-33-66(74)77-71(57-22-9-3-10-23-57)62-28-13-14-29-63(62)72(78(67)77)58-24-11-4-12-25-58/h1-48H. The molecule has 2 aliphatic carbocycles. The van der Waals surface area contributed by atoms with Crippen LogP contribution >= 0.6 is 0 Å². The first kappa shape index (κ1) is 44.2. The Balaban J connectivity index is 0.902. The van der Waals surface area contributed by atoms with Gasteiger partial charge in [0.05, 0.1) is 0 Å². The van der Waals surface area contributed by atoms with Crippen molar-refractivity contribution in [1.29, 1.82) is 0 Å². The Morgan fingerprint density at radius 1 is 0.141 bits per heavy atom. The summed E-state index contributed by atoms with van der Waals surface area (Å²) in [6.07, 6.45) is 0. The van der Waals surface area contributed by atoms with Gasteiger partial charge in [-0.3, -0.25) is 0 Å². The minimum atomic E-state index is 1.18. The molecule has 0 heteroatoms. The fraction of sp³-hybridized carbons (Fsp3) is 0. The molecule has 0 fully saturated rings. The molecule has 0 heterocycles. The van der Waals surface area contributed by atoms with Crippen molar-refractivity contribution in [3.8, 4) is 134 Å². The van der Waals surface area contributed by atoms with Gasteiger partial charge in [0.15, 0.2) is 0 Å². The van der Waals surface area contributed by atoms with E-state index in [1.807, 2.05) is 0 Å². The quantitative estimate of drug-likeness (QED) is 0.142. The van der Waals surface area contributed by atoms with Crippen LogP contribution in [0.3, 0.4) is 0 Å². The predicted molar refractivity (Wildman–Crippen MR) is 331 cm³/mol. The topological polar surface area (TPSA) is 0 Å². The van der Waals surface area contributed by atoms with Gasteiger partial charge in [-0.05, 0) is 172 Å². The molecule has 0 atom stereocenters. The first-order chi connectivity index (χ1) is 38.7. The van der Waals surface area contributed by atoms with E-state index in [1.165, 1.54) is 166 Å². The molecular weight excluding hydrogens is 937 g/mol. The van der Waals surface area contributed by atoms with Crippen molar-refractivity contribution in [3.05, 3.63) is 291 Å². The predicted octanol–water partition coefficient (Wildman–Crippen LogP) is 21.8. The molecule has 14 aromatic carbocycles. The minimum absolute atomic E-state index is 1.18. The Kier molecular flexibility index (Phi) is 10.0. The number of benzene rings is 14. The van der Waals surface area contributed by atoms with Gasteiger partial charge in [0.25, 0.3) is 0 Å². The van der Waals surface area contributed by atoms with Crippen molar-refractivity contribution in [2.45, 2.75) is 0 Å². The van der Waals surface area contributed by atoms with E-state index in [0.717, 1.165) is 0 Å². The van der Waals surface area contributed by atoms with Gasteiger partial charge in [-0.2, -0.15) is 0 Å². The second-order valence-corrected chi connectivity index (χ2v) is 20.9. The van der Waals surface area contributed by atoms with Gasteiger partial charge in [-0.1, -0.05) is 285 Å². The third-order valence-corrected chi connectivity index (χ3v) is 16.8. The molecule has 0 saturated heterocycles. The van der Waals surface area contributed by atoms with Crippen LogP contribution in [-0.4, -0.2) is 0 Å². The summed E-state index contributed by atoms with van der Waals surface area (Å²) in [5.41, 5.74) is 30.0. The van der Waals surface area contributed by atoms with E-state index in [2.05, 4.69) is 291 Å². The second kappa shape index (κ2) is 17.7. The Morgan fingerprint density at radius 3 is 0.974 bits per heavy atom. The fourth-order valence-corrected chi connectivity index (χ4v) is 13.4. The molecule has 0 nitrogen and oxygen atoms in total. The highest BCUT2D eigenvalue weighted by atomic mass is 14.4. The molecule has 14 aromatic rings. The molecule has 0 saturated carbocycles. The third kappa shape index (κ3) is 6.80. The van der Waals surface area contributed by atoms with Gasteiger partial charge in [0.1, 0.15) is 0 Å². The molecule has 360 valence electrons. The molecule has 0 N–H and O–H groups in total. The minimum Gasteiger partial charge on any atom is -0.0622 e. The summed E-state index contributed by atoms with van der Waals surface area (Å²) < 4.78 is 0. The van der Waals surface area contributed by atoms with Gasteiger partial charge < -0.3 is 0 Å². The lowest BCUT2D eigenvalue weighted by Gasteiger charge is -2.21. The summed E-state index contributed by atoms with van der Waals surface area (Å²) in [7, 11) is 0. The van der Waals surface area contributed by atoms with Crippen LogP contribution in [0.4, 0.5) is 0 Å². The zero-order valence-corrected chi connectivity index (χ0v) is 42.7. The van der Waals surface area contributed by atoms with Crippen molar-refractivity contribution >= 4 is 32.3 Å². The van der Waals surface area contributed by atoms with Crippen LogP contribution in [0, 0.1) is 0 Å². The van der Waals surface area contributed by atoms with Gasteiger partial charge >= 0.3 is 0 Å². The van der Waals surface area contributed by atoms with Crippen LogP contribution in [0.15, 0.2) is 291 Å². The smallest absolute Gasteiger partial charge is 0.000741 e. The van der Waals surface area contributed by atoms with Gasteiger partial charge in [-0.15, -0.1) is 0 Å². The summed E-state index contributed by atoms with van der Waals surface area (Å²) in [6.45, 7) is 0. The maximum absolute atomic E-state index is 2.49. The molecule has 0 radical (unpaired) electrons. The maximum atomic E-state index is 2.49. The van der Waals surface area contributed by atoms with Crippen molar-refractivity contribution in [2.24, 2.45) is 0 Å². The van der Waals surface area contributed by atoms with Crippen molar-refractivity contribution in [1.82, 2.24) is 0 Å². The molecule has 0 bridgehead atoms. The molecular formula is C78H48. The van der Waals surface area contributed by atoms with E-state index in [0.29, 0.717) is 0 Å². The van der Waals surface area contributed by atoms with Gasteiger partial charge in [0, 0.05) is 0 Å². The number of rotatable bonds is 8. The van der Waals surface area contributed by atoms with Crippen LogP contribution in [0.25, 0.3) is 166 Å². The molecule has 0 spiro atoms. The Bertz CT molecular complexity index is 4590. The molecule has 0 aliphatic heterocycles. The fourth-order valence-electron chi connectivity index (χ4n) is 13.4. The zero-order valence-electron chi connectivity index (χ0n) is 42.7. The summed E-state index contributed by atoms with van der Waals surface area (Å²) in [4.78, 5) is 0. The Hall–Kier alpha value is -10.1. The SMILES string of the molecule is c1ccc(-c2ccc(-c3cc(-c4ccc(-c5ccc6c7c(cccc57)-c5c-6c(-c6ccccc6)c6ccccc6c5-c5ccccc5)cc4)c(-c4ccc(-c5ccccc5)cc4)c4c3-c3cccc5cccc-4c35)cc2)cc1. The molecule has 0 aromatic heterocycles. The Labute approximate surface area is 454 Å². The monoisotopic (exact) mass is 984 g/mol. The first-order valence-corrected chi connectivity index (χ1v) is 27.2. The molecule has 78 heavy (non-hydrogen) atoms. The van der Waals surface area contributed by atoms with Crippen LogP contribution < -0.4 is 0 Å². The van der Waals surface area contributed by atoms with Crippen molar-refractivity contribution in [2.75, 3.05) is 0 Å². The molecule has 0 unspecified atom stereocenters. The third-order valence-electron chi connectivity index (χ3n) is 16.8. The first-order valence-electron chi connectivity index (χ1n) is 27.2. The largest absolute Gasteiger partial charge is 0.0622 e. The van der Waals surface area contributed by atoms with Gasteiger partial charge in [0.2, 0.25) is 0 Å². The highest BCUT2D eigenvalue weighted by Crippen LogP contribution is 2.60. The van der Waals surface area contributed by atoms with Crippen LogP contribution in [0.2, 0.25) is 0 Å². The lowest BCUT2D eigenvalue weighted by Crippen LogP contribution is -1.95. The lowest BCUT2D eigenvalue weighted by atomic mass is 9.81. The van der Waals surface area contributed by atoms with Crippen molar-refractivity contribution < 1.29 is 0 Å². The molecule has 0 amide bonds. The average molecular weight is 985 g/mol. The summed E-state index contributed by atoms with van der Waals surface area (Å²) in [5, 5.41) is 7.70. The molecule has 2 aliphatic rings. The summed E-state index contributed by atoms with van der Waals surface area (Å²) in [6, 6.07) is 108. The van der Waals surface area contributed by atoms with E-state index in [-0.39, 0.29) is 0 Å². The number of hydrogen-bond acceptors (Lipinski definition) is 0. The van der Waals surface area contributed by atoms with E-state index < -0.39 is 0 Å². The number of hydrogen-bond donors (Lipinski definition) is 0. The van der Waals surface area contributed by atoms with E-state index in [1.54, 1.807) is 0 Å². The highest BCUT2D eigenvalue weighted by Gasteiger charge is 2.33. The maximum Gasteiger partial charge on any atom is -0.000741 e. The molecule has 16 rings (SSSR count). The summed E-state index contributed by atoms with van der Waals surface area (Å²) in [5.74, 6) is 0. The lowest BCUT2D eigenvalue weighted by molar-refractivity contribution is 1.55. The van der Waals surface area contributed by atoms with Gasteiger partial charge in [-0.25, -0.2) is 0 Å². The van der Waals surface area contributed by atoms with E-state index in [4.69, 9.17) is 0 Å². The zero-order chi connectivity index (χ0) is 51.3. The average Bonchev–Trinajstić information content (AvgIpc) is 4.21. The summed E-state index contributed by atoms with van der Waals surface area (Å²) >= 11 is 0. The highest BCUT2D eigenvalue weighted by molar-refractivity contribution is 6.29. The number of fused-ring (bicyclic) bond motifs is 7. The Morgan fingerprint density at radius 2 is 0.462 bits per heavy atom. The second-order valence-electron chi connectivity index (χ2n) is 20.9. The van der Waals surface area contributed by atoms with E-state index >= 15 is 0 Å². The van der Waals surface area contributed by atoms with E-state index in [9.17, 15) is 0 Å². The van der Waals surface area contributed by atoms with Crippen LogP contribution in [0.5, 0.6) is 0 Å². The van der Waals surface area contributed by atoms with Crippen LogP contribution in [-0.2, 0) is 0 Å². The normalized spacial score (nSPS) is 11.8.